The molecule has 0 atom stereocenters. The number of hydrogen-bond acceptors (Lipinski definition) is 4. The van der Waals surface area contributed by atoms with Gasteiger partial charge in [-0.3, -0.25) is 9.59 Å². The summed E-state index contributed by atoms with van der Waals surface area (Å²) in [5.41, 5.74) is -0.495. The van der Waals surface area contributed by atoms with Gasteiger partial charge in [0.25, 0.3) is 11.1 Å². The van der Waals surface area contributed by atoms with E-state index in [9.17, 15) is 27.9 Å². The molecule has 1 N–H and O–H groups in total. The molecule has 128 valence electrons. The number of phenolic OH excluding ortho intramolecular Hbond substituents is 1. The van der Waals surface area contributed by atoms with Crippen LogP contribution in [0.3, 0.4) is 0 Å². The van der Waals surface area contributed by atoms with E-state index >= 15 is 0 Å². The summed E-state index contributed by atoms with van der Waals surface area (Å²) in [6.45, 7) is 0. The molecule has 2 aromatic rings. The fourth-order valence-corrected chi connectivity index (χ4v) is 3.07. The highest BCUT2D eigenvalue weighted by atomic mass is 32.2. The second-order valence-electron chi connectivity index (χ2n) is 5.16. The van der Waals surface area contributed by atoms with Crippen molar-refractivity contribution in [2.24, 2.45) is 0 Å². The largest absolute Gasteiger partial charge is 0.508 e. The van der Waals surface area contributed by atoms with Crippen molar-refractivity contribution < 1.29 is 27.9 Å². The topological polar surface area (TPSA) is 57.6 Å². The van der Waals surface area contributed by atoms with E-state index < -0.39 is 22.9 Å². The first-order chi connectivity index (χ1) is 11.8. The number of nitrogens with zero attached hydrogens (tertiary/aromatic N) is 1. The zero-order chi connectivity index (χ0) is 18.2. The summed E-state index contributed by atoms with van der Waals surface area (Å²) in [4.78, 5) is 25.3. The van der Waals surface area contributed by atoms with Crippen LogP contribution >= 0.6 is 11.8 Å². The van der Waals surface area contributed by atoms with Crippen LogP contribution in [-0.4, -0.2) is 16.3 Å². The van der Waals surface area contributed by atoms with E-state index in [1.165, 1.54) is 24.3 Å². The van der Waals surface area contributed by atoms with E-state index in [1.807, 2.05) is 0 Å². The minimum atomic E-state index is -4.57. The molecule has 0 unspecified atom stereocenters. The highest BCUT2D eigenvalue weighted by Crippen LogP contribution is 2.38. The normalized spacial score (nSPS) is 16.8. The molecule has 0 spiro atoms. The second kappa shape index (κ2) is 6.29. The molecule has 1 aliphatic rings. The van der Waals surface area contributed by atoms with Gasteiger partial charge in [-0.2, -0.15) is 13.2 Å². The number of imide groups is 1. The molecular formula is C17H10F3NO3S. The van der Waals surface area contributed by atoms with Crippen molar-refractivity contribution in [2.75, 3.05) is 4.90 Å². The molecule has 2 aromatic carbocycles. The van der Waals surface area contributed by atoms with Crippen molar-refractivity contribution in [3.8, 4) is 5.75 Å². The number of halogens is 3. The molecule has 2 amide bonds. The van der Waals surface area contributed by atoms with Crippen LogP contribution in [0.25, 0.3) is 6.08 Å². The zero-order valence-electron chi connectivity index (χ0n) is 12.4. The maximum absolute atomic E-state index is 12.8. The van der Waals surface area contributed by atoms with Crippen LogP contribution in [0.15, 0.2) is 53.4 Å². The first-order valence-electron chi connectivity index (χ1n) is 7.00. The number of amides is 2. The van der Waals surface area contributed by atoms with E-state index in [2.05, 4.69) is 0 Å². The molecule has 0 radical (unpaired) electrons. The van der Waals surface area contributed by atoms with E-state index in [-0.39, 0.29) is 16.3 Å². The Balaban J connectivity index is 1.93. The third-order valence-corrected chi connectivity index (χ3v) is 4.29. The van der Waals surface area contributed by atoms with E-state index in [1.54, 1.807) is 12.1 Å². The standard InChI is InChI=1S/C17H10F3NO3S/c18-17(19,20)11-2-1-3-12(9-11)21-15(23)14(25-16(21)24)8-10-4-6-13(22)7-5-10/h1-9,22H/b14-8-. The van der Waals surface area contributed by atoms with Crippen LogP contribution in [-0.2, 0) is 11.0 Å². The Kier molecular flexibility index (Phi) is 4.30. The molecule has 0 aromatic heterocycles. The molecule has 3 rings (SSSR count). The average Bonchev–Trinajstić information content (AvgIpc) is 2.83. The summed E-state index contributed by atoms with van der Waals surface area (Å²) < 4.78 is 38.5. The molecule has 0 aliphatic carbocycles. The van der Waals surface area contributed by atoms with Crippen molar-refractivity contribution in [3.63, 3.8) is 0 Å². The maximum Gasteiger partial charge on any atom is 0.416 e. The third-order valence-electron chi connectivity index (χ3n) is 3.42. The monoisotopic (exact) mass is 365 g/mol. The van der Waals surface area contributed by atoms with Crippen molar-refractivity contribution in [1.29, 1.82) is 0 Å². The Bertz CT molecular complexity index is 875. The Morgan fingerprint density at radius 3 is 2.36 bits per heavy atom. The first kappa shape index (κ1) is 17.1. The fourth-order valence-electron chi connectivity index (χ4n) is 2.23. The molecule has 1 saturated heterocycles. The van der Waals surface area contributed by atoms with Gasteiger partial charge in [-0.1, -0.05) is 18.2 Å². The van der Waals surface area contributed by atoms with Crippen LogP contribution in [0.1, 0.15) is 11.1 Å². The fraction of sp³-hybridized carbons (Fsp3) is 0.0588. The molecule has 1 aliphatic heterocycles. The van der Waals surface area contributed by atoms with Gasteiger partial charge in [0.05, 0.1) is 16.2 Å². The quantitative estimate of drug-likeness (QED) is 0.787. The third kappa shape index (κ3) is 3.53. The summed E-state index contributed by atoms with van der Waals surface area (Å²) in [6, 6.07) is 9.99. The van der Waals surface area contributed by atoms with Crippen LogP contribution in [0.4, 0.5) is 23.7 Å². The lowest BCUT2D eigenvalue weighted by Crippen LogP contribution is -2.28. The lowest BCUT2D eigenvalue weighted by Gasteiger charge is -2.14. The number of carbonyl (C=O) groups is 2. The van der Waals surface area contributed by atoms with Gasteiger partial charge in [-0.15, -0.1) is 0 Å². The van der Waals surface area contributed by atoms with Gasteiger partial charge in [-0.25, -0.2) is 4.90 Å². The molecule has 0 saturated carbocycles. The van der Waals surface area contributed by atoms with Gasteiger partial charge in [0.15, 0.2) is 0 Å². The predicted molar refractivity (Wildman–Crippen MR) is 88.0 cm³/mol. The number of phenols is 1. The highest BCUT2D eigenvalue weighted by Gasteiger charge is 2.38. The number of thioether (sulfide) groups is 1. The Hall–Kier alpha value is -2.74. The minimum Gasteiger partial charge on any atom is -0.508 e. The van der Waals surface area contributed by atoms with E-state index in [4.69, 9.17) is 0 Å². The van der Waals surface area contributed by atoms with Gasteiger partial charge in [0, 0.05) is 0 Å². The lowest BCUT2D eigenvalue weighted by molar-refractivity contribution is -0.137. The Morgan fingerprint density at radius 2 is 1.72 bits per heavy atom. The minimum absolute atomic E-state index is 0.0502. The van der Waals surface area contributed by atoms with E-state index in [0.29, 0.717) is 22.2 Å². The lowest BCUT2D eigenvalue weighted by atomic mass is 10.1. The predicted octanol–water partition coefficient (Wildman–Crippen LogP) is 4.65. The number of hydrogen-bond donors (Lipinski definition) is 1. The highest BCUT2D eigenvalue weighted by molar-refractivity contribution is 8.19. The molecular weight excluding hydrogens is 355 g/mol. The summed E-state index contributed by atoms with van der Waals surface area (Å²) in [6.07, 6.45) is -3.13. The summed E-state index contributed by atoms with van der Waals surface area (Å²) in [7, 11) is 0. The number of aromatic hydroxyl groups is 1. The van der Waals surface area contributed by atoms with Crippen LogP contribution in [0, 0.1) is 0 Å². The van der Waals surface area contributed by atoms with Crippen molar-refractivity contribution >= 4 is 34.7 Å². The zero-order valence-corrected chi connectivity index (χ0v) is 13.3. The van der Waals surface area contributed by atoms with Gasteiger partial charge in [-0.05, 0) is 53.7 Å². The van der Waals surface area contributed by atoms with Crippen LogP contribution in [0.2, 0.25) is 0 Å². The SMILES string of the molecule is O=C1S/C(=C\c2ccc(O)cc2)C(=O)N1c1cccc(C(F)(F)F)c1. The van der Waals surface area contributed by atoms with Gasteiger partial charge in [0.1, 0.15) is 5.75 Å². The molecule has 0 bridgehead atoms. The Labute approximate surface area is 144 Å². The van der Waals surface area contributed by atoms with Gasteiger partial charge < -0.3 is 5.11 Å². The first-order valence-corrected chi connectivity index (χ1v) is 7.81. The number of alkyl halides is 3. The summed E-state index contributed by atoms with van der Waals surface area (Å²) in [5, 5.41) is 8.58. The molecule has 4 nitrogen and oxygen atoms in total. The van der Waals surface area contributed by atoms with Crippen molar-refractivity contribution in [2.45, 2.75) is 6.18 Å². The molecule has 8 heteroatoms. The number of carbonyl (C=O) groups excluding carboxylic acids is 2. The van der Waals surface area contributed by atoms with Crippen molar-refractivity contribution in [3.05, 3.63) is 64.6 Å². The Morgan fingerprint density at radius 1 is 1.04 bits per heavy atom. The number of anilines is 1. The van der Waals surface area contributed by atoms with Gasteiger partial charge >= 0.3 is 6.18 Å². The maximum atomic E-state index is 12.8. The van der Waals surface area contributed by atoms with Crippen LogP contribution in [0.5, 0.6) is 5.75 Å². The molecule has 1 heterocycles. The summed E-state index contributed by atoms with van der Waals surface area (Å²) in [5.74, 6) is -0.642. The van der Waals surface area contributed by atoms with Crippen LogP contribution < -0.4 is 4.90 Å². The summed E-state index contributed by atoms with van der Waals surface area (Å²) >= 11 is 0.644. The molecule has 25 heavy (non-hydrogen) atoms. The van der Waals surface area contributed by atoms with Gasteiger partial charge in [0.2, 0.25) is 0 Å². The average molecular weight is 365 g/mol. The van der Waals surface area contributed by atoms with E-state index in [0.717, 1.165) is 18.2 Å². The number of benzene rings is 2. The molecule has 1 fully saturated rings. The number of rotatable bonds is 2. The smallest absolute Gasteiger partial charge is 0.416 e. The second-order valence-corrected chi connectivity index (χ2v) is 6.15. The van der Waals surface area contributed by atoms with Crippen molar-refractivity contribution in [1.82, 2.24) is 0 Å².